The first kappa shape index (κ1) is 13.3. The highest BCUT2D eigenvalue weighted by molar-refractivity contribution is 7.89. The number of nitrogens with two attached hydrogens (primary N) is 1. The van der Waals surface area contributed by atoms with Crippen molar-refractivity contribution < 1.29 is 13.2 Å². The highest BCUT2D eigenvalue weighted by Gasteiger charge is 2.22. The Morgan fingerprint density at radius 3 is 2.44 bits per heavy atom. The lowest BCUT2D eigenvalue weighted by atomic mass is 10.2. The lowest BCUT2D eigenvalue weighted by molar-refractivity contribution is 0.0792. The molecule has 2 rings (SSSR count). The molecule has 1 saturated heterocycles. The van der Waals surface area contributed by atoms with Gasteiger partial charge in [0.2, 0.25) is 10.0 Å². The molecule has 98 valence electrons. The van der Waals surface area contributed by atoms with Crippen LogP contribution in [0.1, 0.15) is 23.2 Å². The van der Waals surface area contributed by atoms with Crippen molar-refractivity contribution in [2.45, 2.75) is 17.7 Å². The quantitative estimate of drug-likeness (QED) is 0.888. The Bertz CT molecular complexity index is 580. The standard InChI is InChI=1S/C11H13ClN2O3S/c12-9-4-3-8(7-10(9)18(13,16)17)11(15)14-5-1-2-6-14/h3-4,7H,1-2,5-6H2,(H2,13,16,17). The molecule has 1 amide bonds. The molecular formula is C11H13ClN2O3S. The van der Waals surface area contributed by atoms with E-state index in [1.165, 1.54) is 18.2 Å². The number of amides is 1. The lowest BCUT2D eigenvalue weighted by Crippen LogP contribution is -2.27. The molecule has 0 atom stereocenters. The van der Waals surface area contributed by atoms with Crippen LogP contribution < -0.4 is 5.14 Å². The summed E-state index contributed by atoms with van der Waals surface area (Å²) >= 11 is 5.76. The summed E-state index contributed by atoms with van der Waals surface area (Å²) < 4.78 is 22.6. The van der Waals surface area contributed by atoms with Gasteiger partial charge in [0.15, 0.2) is 0 Å². The predicted octanol–water partition coefficient (Wildman–Crippen LogP) is 1.22. The Morgan fingerprint density at radius 2 is 1.89 bits per heavy atom. The van der Waals surface area contributed by atoms with Crippen molar-refractivity contribution in [2.24, 2.45) is 5.14 Å². The second kappa shape index (κ2) is 4.87. The van der Waals surface area contributed by atoms with E-state index < -0.39 is 10.0 Å². The number of benzene rings is 1. The van der Waals surface area contributed by atoms with Crippen molar-refractivity contribution in [1.82, 2.24) is 4.90 Å². The monoisotopic (exact) mass is 288 g/mol. The molecule has 5 nitrogen and oxygen atoms in total. The van der Waals surface area contributed by atoms with Crippen molar-refractivity contribution in [2.75, 3.05) is 13.1 Å². The van der Waals surface area contributed by atoms with Crippen LogP contribution in [0.2, 0.25) is 5.02 Å². The molecule has 7 heteroatoms. The highest BCUT2D eigenvalue weighted by Crippen LogP contribution is 2.23. The van der Waals surface area contributed by atoms with Gasteiger partial charge in [0.25, 0.3) is 5.91 Å². The number of carbonyl (C=O) groups is 1. The summed E-state index contributed by atoms with van der Waals surface area (Å²) in [6.07, 6.45) is 1.95. The van der Waals surface area contributed by atoms with E-state index in [4.69, 9.17) is 16.7 Å². The number of likely N-dealkylation sites (tertiary alicyclic amines) is 1. The highest BCUT2D eigenvalue weighted by atomic mass is 35.5. The van der Waals surface area contributed by atoms with Crippen molar-refractivity contribution in [3.05, 3.63) is 28.8 Å². The van der Waals surface area contributed by atoms with Gasteiger partial charge in [0.05, 0.1) is 5.02 Å². The van der Waals surface area contributed by atoms with Crippen molar-refractivity contribution >= 4 is 27.5 Å². The van der Waals surface area contributed by atoms with Gasteiger partial charge in [-0.15, -0.1) is 0 Å². The fourth-order valence-electron chi connectivity index (χ4n) is 1.96. The Kier molecular flexibility index (Phi) is 3.61. The van der Waals surface area contributed by atoms with Gasteiger partial charge in [-0.1, -0.05) is 11.6 Å². The van der Waals surface area contributed by atoms with Gasteiger partial charge < -0.3 is 4.90 Å². The maximum Gasteiger partial charge on any atom is 0.253 e. The Hall–Kier alpha value is -1.11. The van der Waals surface area contributed by atoms with Gasteiger partial charge in [0, 0.05) is 18.7 Å². The number of halogens is 1. The summed E-state index contributed by atoms with van der Waals surface area (Å²) in [6.45, 7) is 1.40. The normalized spacial score (nSPS) is 16.0. The van der Waals surface area contributed by atoms with Crippen LogP contribution in [0.5, 0.6) is 0 Å². The summed E-state index contributed by atoms with van der Waals surface area (Å²) in [5.41, 5.74) is 0.297. The van der Waals surface area contributed by atoms with Crippen LogP contribution in [-0.2, 0) is 10.0 Å². The van der Waals surface area contributed by atoms with Crippen molar-refractivity contribution in [1.29, 1.82) is 0 Å². The number of primary sulfonamides is 1. The fraction of sp³-hybridized carbons (Fsp3) is 0.364. The number of rotatable bonds is 2. The Labute approximate surface area is 111 Å². The molecule has 1 aliphatic heterocycles. The van der Waals surface area contributed by atoms with E-state index in [2.05, 4.69) is 0 Å². The smallest absolute Gasteiger partial charge is 0.253 e. The van der Waals surface area contributed by atoms with E-state index in [-0.39, 0.29) is 15.8 Å². The Morgan fingerprint density at radius 1 is 1.28 bits per heavy atom. The summed E-state index contributed by atoms with van der Waals surface area (Å²) in [6, 6.07) is 4.13. The number of hydrogen-bond acceptors (Lipinski definition) is 3. The Balaban J connectivity index is 2.38. The summed E-state index contributed by atoms with van der Waals surface area (Å²) in [5.74, 6) is -0.186. The first-order valence-corrected chi connectivity index (χ1v) is 7.43. The van der Waals surface area contributed by atoms with Gasteiger partial charge in [-0.05, 0) is 31.0 Å². The number of sulfonamides is 1. The van der Waals surface area contributed by atoms with E-state index in [0.717, 1.165) is 12.8 Å². The second-order valence-electron chi connectivity index (χ2n) is 4.19. The van der Waals surface area contributed by atoms with Crippen LogP contribution in [0, 0.1) is 0 Å². The third-order valence-electron chi connectivity index (χ3n) is 2.88. The fourth-order valence-corrected chi connectivity index (χ4v) is 3.03. The SMILES string of the molecule is NS(=O)(=O)c1cc(C(=O)N2CCCC2)ccc1Cl. The molecule has 0 aromatic heterocycles. The predicted molar refractivity (Wildman–Crippen MR) is 68.0 cm³/mol. The average Bonchev–Trinajstić information content (AvgIpc) is 2.80. The molecule has 1 heterocycles. The molecule has 1 aromatic rings. The average molecular weight is 289 g/mol. The molecule has 0 unspecified atom stereocenters. The van der Waals surface area contributed by atoms with Gasteiger partial charge in [-0.2, -0.15) is 0 Å². The maximum atomic E-state index is 12.1. The topological polar surface area (TPSA) is 80.5 Å². The molecule has 0 aliphatic carbocycles. The molecule has 0 bridgehead atoms. The van der Waals surface area contributed by atoms with Crippen LogP contribution in [0.4, 0.5) is 0 Å². The lowest BCUT2D eigenvalue weighted by Gasteiger charge is -2.15. The van der Waals surface area contributed by atoms with Crippen LogP contribution in [0.25, 0.3) is 0 Å². The van der Waals surface area contributed by atoms with Crippen LogP contribution >= 0.6 is 11.6 Å². The van der Waals surface area contributed by atoms with Crippen LogP contribution in [-0.4, -0.2) is 32.3 Å². The van der Waals surface area contributed by atoms with E-state index >= 15 is 0 Å². The molecule has 0 spiro atoms. The van der Waals surface area contributed by atoms with E-state index in [1.807, 2.05) is 0 Å². The number of carbonyl (C=O) groups excluding carboxylic acids is 1. The molecule has 18 heavy (non-hydrogen) atoms. The van der Waals surface area contributed by atoms with Crippen LogP contribution in [0.15, 0.2) is 23.1 Å². The third kappa shape index (κ3) is 2.66. The van der Waals surface area contributed by atoms with Gasteiger partial charge in [0.1, 0.15) is 4.90 Å². The molecule has 0 radical (unpaired) electrons. The molecule has 2 N–H and O–H groups in total. The van der Waals surface area contributed by atoms with Gasteiger partial charge in [-0.25, -0.2) is 13.6 Å². The van der Waals surface area contributed by atoms with Crippen molar-refractivity contribution in [3.63, 3.8) is 0 Å². The molecule has 1 fully saturated rings. The number of hydrogen-bond donors (Lipinski definition) is 1. The molecule has 1 aliphatic rings. The zero-order chi connectivity index (χ0) is 13.3. The maximum absolute atomic E-state index is 12.1. The zero-order valence-corrected chi connectivity index (χ0v) is 11.2. The zero-order valence-electron chi connectivity index (χ0n) is 9.60. The van der Waals surface area contributed by atoms with Crippen molar-refractivity contribution in [3.8, 4) is 0 Å². The largest absolute Gasteiger partial charge is 0.339 e. The summed E-state index contributed by atoms with van der Waals surface area (Å²) in [5, 5.41) is 5.07. The number of nitrogens with zero attached hydrogens (tertiary/aromatic N) is 1. The minimum atomic E-state index is -3.92. The van der Waals surface area contributed by atoms with E-state index in [0.29, 0.717) is 18.7 Å². The van der Waals surface area contributed by atoms with Crippen LogP contribution in [0.3, 0.4) is 0 Å². The minimum absolute atomic E-state index is 0.0236. The molecule has 1 aromatic carbocycles. The van der Waals surface area contributed by atoms with Gasteiger partial charge in [-0.3, -0.25) is 4.79 Å². The minimum Gasteiger partial charge on any atom is -0.339 e. The first-order chi connectivity index (χ1) is 8.39. The molecule has 0 saturated carbocycles. The van der Waals surface area contributed by atoms with E-state index in [9.17, 15) is 13.2 Å². The van der Waals surface area contributed by atoms with E-state index in [1.54, 1.807) is 4.90 Å². The first-order valence-electron chi connectivity index (χ1n) is 5.51. The third-order valence-corrected chi connectivity index (χ3v) is 4.27. The summed E-state index contributed by atoms with van der Waals surface area (Å²) in [4.78, 5) is 13.6. The van der Waals surface area contributed by atoms with Gasteiger partial charge >= 0.3 is 0 Å². The second-order valence-corrected chi connectivity index (χ2v) is 6.13. The molecular weight excluding hydrogens is 276 g/mol. The summed E-state index contributed by atoms with van der Waals surface area (Å²) in [7, 11) is -3.92.